The molecule has 2 heterocycles. The van der Waals surface area contributed by atoms with Crippen molar-refractivity contribution >= 4 is 23.2 Å². The van der Waals surface area contributed by atoms with Gasteiger partial charge in [0, 0.05) is 54.0 Å². The minimum Gasteiger partial charge on any atom is -0.497 e. The molecule has 6 rings (SSSR count). The molecule has 2 aromatic heterocycles. The van der Waals surface area contributed by atoms with E-state index >= 15 is 8.78 Å². The van der Waals surface area contributed by atoms with Gasteiger partial charge in [-0.05, 0) is 94.5 Å². The van der Waals surface area contributed by atoms with Gasteiger partial charge in [-0.2, -0.15) is 0 Å². The quantitative estimate of drug-likeness (QED) is 0.0599. The van der Waals surface area contributed by atoms with Gasteiger partial charge in [0.15, 0.2) is 5.82 Å². The minimum absolute atomic E-state index is 0.0157. The van der Waals surface area contributed by atoms with Crippen molar-refractivity contribution in [2.24, 2.45) is 0 Å². The summed E-state index contributed by atoms with van der Waals surface area (Å²) in [7, 11) is 3.02. The Hall–Kier alpha value is -6.90. The summed E-state index contributed by atoms with van der Waals surface area (Å²) in [5.41, 5.74) is 0.691. The maximum atomic E-state index is 15.1. The number of rotatable bonds is 13. The summed E-state index contributed by atoms with van der Waals surface area (Å²) in [6, 6.07) is 22.2. The Morgan fingerprint density at radius 3 is 2.05 bits per heavy atom. The van der Waals surface area contributed by atoms with Crippen LogP contribution in [0.4, 0.5) is 28.9 Å². The number of alkyl halides is 4. The van der Waals surface area contributed by atoms with Crippen molar-refractivity contribution in [3.8, 4) is 34.3 Å². The topological polar surface area (TPSA) is 139 Å². The van der Waals surface area contributed by atoms with Gasteiger partial charge in [0.2, 0.25) is 5.69 Å². The first kappa shape index (κ1) is 40.8. The number of benzene rings is 4. The largest absolute Gasteiger partial charge is 0.497 e. The lowest BCUT2D eigenvalue weighted by Gasteiger charge is -2.19. The highest BCUT2D eigenvalue weighted by molar-refractivity contribution is 6.05. The predicted molar refractivity (Wildman–Crippen MR) is 208 cm³/mol. The highest BCUT2D eigenvalue weighted by Gasteiger charge is 2.33. The van der Waals surface area contributed by atoms with Gasteiger partial charge in [0.25, 0.3) is 23.7 Å². The third kappa shape index (κ3) is 8.88. The van der Waals surface area contributed by atoms with Crippen LogP contribution in [0.1, 0.15) is 69.1 Å². The van der Waals surface area contributed by atoms with E-state index in [1.54, 1.807) is 55.5 Å². The second kappa shape index (κ2) is 16.7. The lowest BCUT2D eigenvalue weighted by Crippen LogP contribution is -2.44. The molecule has 0 spiro atoms. The molecular formula is C43H39F4N6O5+. The molecule has 0 radical (unpaired) electrons. The van der Waals surface area contributed by atoms with Gasteiger partial charge in [0.05, 0.1) is 25.3 Å². The number of hydrogen-bond donors (Lipinski definition) is 3. The molecule has 4 aromatic carbocycles. The Kier molecular flexibility index (Phi) is 11.7. The molecule has 0 aliphatic rings. The number of carbonyl (C=O) groups excluding carboxylic acids is 2. The van der Waals surface area contributed by atoms with Crippen molar-refractivity contribution in [2.75, 3.05) is 24.9 Å². The number of anilines is 2. The Labute approximate surface area is 331 Å². The number of nitrogens with zero attached hydrogens (tertiary/aromatic N) is 4. The van der Waals surface area contributed by atoms with E-state index in [0.717, 1.165) is 19.1 Å². The molecule has 11 nitrogen and oxygen atoms in total. The molecular weight excluding hydrogens is 757 g/mol. The fraction of sp³-hybridized carbons (Fsp3) is 0.209. The maximum Gasteiger partial charge on any atom is 0.369 e. The van der Waals surface area contributed by atoms with Crippen molar-refractivity contribution in [2.45, 2.75) is 45.5 Å². The SMILES string of the molecule is CCC(F)(F)c1ccc(Cc2cnc(-c3ccc(OC)cc3)[n+](O)c2C(=O)Nc2cccc(C(C)(F)F)c2)c(NC(=O)c2nc(-c3ccc(OC)cc3)ncc2C)c1. The van der Waals surface area contributed by atoms with Gasteiger partial charge in [-0.1, -0.05) is 31.2 Å². The van der Waals surface area contributed by atoms with Crippen LogP contribution in [0, 0.1) is 6.92 Å². The van der Waals surface area contributed by atoms with Crippen LogP contribution in [0.5, 0.6) is 11.5 Å². The molecule has 0 unspecified atom stereocenters. The molecule has 0 fully saturated rings. The molecule has 15 heteroatoms. The van der Waals surface area contributed by atoms with Gasteiger partial charge >= 0.3 is 5.82 Å². The molecule has 0 atom stereocenters. The zero-order chi connectivity index (χ0) is 41.8. The van der Waals surface area contributed by atoms with Gasteiger partial charge in [-0.15, -0.1) is 0 Å². The molecule has 3 N–H and O–H groups in total. The lowest BCUT2D eigenvalue weighted by atomic mass is 9.97. The fourth-order valence-corrected chi connectivity index (χ4v) is 6.08. The van der Waals surface area contributed by atoms with Crippen LogP contribution in [-0.4, -0.2) is 46.2 Å². The number of ether oxygens (including phenoxy) is 2. The number of hydrogen-bond acceptors (Lipinski definition) is 8. The molecule has 0 saturated heterocycles. The first-order valence-electron chi connectivity index (χ1n) is 18.0. The number of methoxy groups -OCH3 is 2. The zero-order valence-electron chi connectivity index (χ0n) is 32.1. The molecule has 0 bridgehead atoms. The van der Waals surface area contributed by atoms with Crippen LogP contribution < -0.4 is 24.8 Å². The zero-order valence-corrected chi connectivity index (χ0v) is 32.1. The number of carbonyl (C=O) groups is 2. The van der Waals surface area contributed by atoms with Crippen LogP contribution >= 0.6 is 0 Å². The first-order valence-corrected chi connectivity index (χ1v) is 18.0. The van der Waals surface area contributed by atoms with Gasteiger partial charge < -0.3 is 25.3 Å². The third-order valence-electron chi connectivity index (χ3n) is 9.39. The Bertz CT molecular complexity index is 2480. The summed E-state index contributed by atoms with van der Waals surface area (Å²) in [5, 5.41) is 17.0. The van der Waals surface area contributed by atoms with E-state index in [9.17, 15) is 23.6 Å². The van der Waals surface area contributed by atoms with Crippen LogP contribution in [0.3, 0.4) is 0 Å². The molecule has 0 aliphatic carbocycles. The summed E-state index contributed by atoms with van der Waals surface area (Å²) >= 11 is 0. The average molecular weight is 796 g/mol. The number of amides is 2. The smallest absolute Gasteiger partial charge is 0.369 e. The number of aromatic nitrogens is 4. The molecule has 58 heavy (non-hydrogen) atoms. The van der Waals surface area contributed by atoms with Crippen molar-refractivity contribution in [3.63, 3.8) is 0 Å². The van der Waals surface area contributed by atoms with E-state index in [1.165, 1.54) is 63.9 Å². The molecule has 298 valence electrons. The van der Waals surface area contributed by atoms with E-state index in [-0.39, 0.29) is 63.1 Å². The predicted octanol–water partition coefficient (Wildman–Crippen LogP) is 8.76. The van der Waals surface area contributed by atoms with Crippen molar-refractivity contribution in [1.29, 1.82) is 0 Å². The fourth-order valence-electron chi connectivity index (χ4n) is 6.08. The second-order valence-corrected chi connectivity index (χ2v) is 13.4. The summed E-state index contributed by atoms with van der Waals surface area (Å²) in [6.07, 6.45) is 2.06. The number of nitrogens with one attached hydrogen (secondary N) is 2. The summed E-state index contributed by atoms with van der Waals surface area (Å²) in [5.74, 6) is -6.75. The Morgan fingerprint density at radius 2 is 1.43 bits per heavy atom. The van der Waals surface area contributed by atoms with Crippen LogP contribution in [0.15, 0.2) is 103 Å². The van der Waals surface area contributed by atoms with E-state index in [1.807, 2.05) is 0 Å². The number of halogens is 4. The van der Waals surface area contributed by atoms with Crippen LogP contribution in [-0.2, 0) is 18.3 Å². The summed E-state index contributed by atoms with van der Waals surface area (Å²) in [4.78, 5) is 41.3. The summed E-state index contributed by atoms with van der Waals surface area (Å²) in [6.45, 7) is 3.69. The standard InChI is InChI=1S/C43H38F4N6O5/c1-6-43(46,47)31-15-10-28(35(22-31)51-40(54)36-25(2)23-48-38(52-36)26-11-16-33(57-4)17-12-26)20-29-24-49-39(27-13-18-34(58-5)19-14-27)53(56)37(29)41(55)50-32-9-7-8-30(21-32)42(3,44)45/h7-19,21-24H,6,20H2,1-5H3,(H2-,50,51,54,55,56)/p+1. The van der Waals surface area contributed by atoms with Crippen LogP contribution in [0.2, 0.25) is 0 Å². The third-order valence-corrected chi connectivity index (χ3v) is 9.39. The normalized spacial score (nSPS) is 11.5. The maximum absolute atomic E-state index is 15.1. The van der Waals surface area contributed by atoms with Crippen LogP contribution in [0.25, 0.3) is 22.8 Å². The molecule has 0 aliphatic heterocycles. The van der Waals surface area contributed by atoms with E-state index in [2.05, 4.69) is 25.6 Å². The monoisotopic (exact) mass is 795 g/mol. The van der Waals surface area contributed by atoms with Crippen molar-refractivity contribution in [3.05, 3.63) is 143 Å². The van der Waals surface area contributed by atoms with Crippen molar-refractivity contribution < 1.29 is 46.6 Å². The van der Waals surface area contributed by atoms with Gasteiger partial charge in [0.1, 0.15) is 23.4 Å². The molecule has 2 amide bonds. The summed E-state index contributed by atoms with van der Waals surface area (Å²) < 4.78 is 69.7. The molecule has 0 saturated carbocycles. The highest BCUT2D eigenvalue weighted by Crippen LogP contribution is 2.35. The minimum atomic E-state index is -3.26. The second-order valence-electron chi connectivity index (χ2n) is 13.4. The van der Waals surface area contributed by atoms with E-state index in [0.29, 0.717) is 32.9 Å². The number of aryl methyl sites for hydroxylation is 1. The van der Waals surface area contributed by atoms with E-state index < -0.39 is 30.1 Å². The Balaban J connectivity index is 1.42. The average Bonchev–Trinajstić information content (AvgIpc) is 3.21. The molecule has 6 aromatic rings. The van der Waals surface area contributed by atoms with Crippen molar-refractivity contribution in [1.82, 2.24) is 15.0 Å². The van der Waals surface area contributed by atoms with Gasteiger partial charge in [-0.25, -0.2) is 27.5 Å². The lowest BCUT2D eigenvalue weighted by molar-refractivity contribution is -0.899. The first-order chi connectivity index (χ1) is 27.6. The van der Waals surface area contributed by atoms with E-state index in [4.69, 9.17) is 9.47 Å². The van der Waals surface area contributed by atoms with Gasteiger partial charge in [-0.3, -0.25) is 9.59 Å². The highest BCUT2D eigenvalue weighted by atomic mass is 19.3. The Morgan fingerprint density at radius 1 is 0.776 bits per heavy atom.